The molecule has 0 amide bonds. The zero-order chi connectivity index (χ0) is 25.4. The van der Waals surface area contributed by atoms with Crippen molar-refractivity contribution < 1.29 is 14.6 Å². The molecule has 0 bridgehead atoms. The first-order valence-electron chi connectivity index (χ1n) is 14.8. The van der Waals surface area contributed by atoms with Gasteiger partial charge in [0, 0.05) is 31.6 Å². The maximum Gasteiger partial charge on any atom is 0.305 e. The molecule has 4 aliphatic carbocycles. The van der Waals surface area contributed by atoms with Crippen LogP contribution in [0.3, 0.4) is 0 Å². The summed E-state index contributed by atoms with van der Waals surface area (Å²) in [4.78, 5) is 11.8. The van der Waals surface area contributed by atoms with Crippen LogP contribution < -0.4 is 10.6 Å². The molecule has 0 aromatic carbocycles. The molecule has 0 heterocycles. The van der Waals surface area contributed by atoms with Gasteiger partial charge in [-0.3, -0.25) is 4.79 Å². The lowest BCUT2D eigenvalue weighted by molar-refractivity contribution is -0.162. The van der Waals surface area contributed by atoms with Gasteiger partial charge < -0.3 is 20.5 Å². The summed E-state index contributed by atoms with van der Waals surface area (Å²) >= 11 is 0. The average molecular weight is 491 g/mol. The summed E-state index contributed by atoms with van der Waals surface area (Å²) in [7, 11) is 1.50. The van der Waals surface area contributed by atoms with E-state index < -0.39 is 0 Å². The highest BCUT2D eigenvalue weighted by Gasteiger charge is 2.62. The molecular weight excluding hydrogens is 436 g/mol. The van der Waals surface area contributed by atoms with E-state index in [0.717, 1.165) is 44.2 Å². The van der Waals surface area contributed by atoms with E-state index in [1.807, 2.05) is 0 Å². The maximum atomic E-state index is 11.8. The zero-order valence-corrected chi connectivity index (χ0v) is 23.4. The quantitative estimate of drug-likeness (QED) is 0.308. The fraction of sp³-hybridized carbons (Fsp3) is 0.967. The molecular formula is C30H54N2O3. The largest absolute Gasteiger partial charge is 0.469 e. The molecule has 0 radical (unpaired) electrons. The molecule has 0 spiro atoms. The van der Waals surface area contributed by atoms with Gasteiger partial charge in [0.15, 0.2) is 0 Å². The number of hydrogen-bond acceptors (Lipinski definition) is 5. The molecule has 4 aliphatic rings. The third-order valence-corrected chi connectivity index (χ3v) is 11.6. The van der Waals surface area contributed by atoms with Crippen molar-refractivity contribution >= 4 is 5.97 Å². The van der Waals surface area contributed by atoms with E-state index >= 15 is 0 Å². The molecule has 4 fully saturated rings. The highest BCUT2D eigenvalue weighted by Crippen LogP contribution is 2.68. The van der Waals surface area contributed by atoms with E-state index in [4.69, 9.17) is 4.74 Å². The fourth-order valence-electron chi connectivity index (χ4n) is 9.75. The first-order valence-corrected chi connectivity index (χ1v) is 14.8. The van der Waals surface area contributed by atoms with Gasteiger partial charge in [-0.25, -0.2) is 0 Å². The van der Waals surface area contributed by atoms with Crippen molar-refractivity contribution in [2.24, 2.45) is 46.3 Å². The van der Waals surface area contributed by atoms with Gasteiger partial charge in [0.1, 0.15) is 0 Å². The number of carbonyl (C=O) groups is 1. The molecule has 0 saturated heterocycles. The standard InChI is InChI=1S/C30H54N2O3/c1-19(2)31-15-16-32-21-11-13-30(5)25-12-14-29(4)23(20(3)7-10-28(34)35-6)8-9-24(29)22(25)18-27(33)26(30)17-21/h19-27,31-33H,7-18H2,1-6H3/t20-,21+,22?,23?,24?,25?,26?,27+,29-,30-/m1/s1. The van der Waals surface area contributed by atoms with Crippen LogP contribution in [-0.2, 0) is 9.53 Å². The Morgan fingerprint density at radius 1 is 0.971 bits per heavy atom. The number of hydrogen-bond donors (Lipinski definition) is 3. The van der Waals surface area contributed by atoms with Gasteiger partial charge in [-0.2, -0.15) is 0 Å². The second-order valence-electron chi connectivity index (χ2n) is 13.6. The van der Waals surface area contributed by atoms with E-state index in [1.165, 1.54) is 45.6 Å². The summed E-state index contributed by atoms with van der Waals surface area (Å²) in [5, 5.41) is 18.8. The average Bonchev–Trinajstić information content (AvgIpc) is 3.18. The minimum atomic E-state index is -0.155. The number of ether oxygens (including phenoxy) is 1. The van der Waals surface area contributed by atoms with Crippen molar-refractivity contribution in [3.63, 3.8) is 0 Å². The number of esters is 1. The van der Waals surface area contributed by atoms with Gasteiger partial charge >= 0.3 is 5.97 Å². The van der Waals surface area contributed by atoms with Gasteiger partial charge in [-0.1, -0.05) is 34.6 Å². The topological polar surface area (TPSA) is 70.6 Å². The molecule has 3 N–H and O–H groups in total. The van der Waals surface area contributed by atoms with E-state index in [-0.39, 0.29) is 17.5 Å². The van der Waals surface area contributed by atoms with E-state index in [0.29, 0.717) is 47.6 Å². The molecule has 5 unspecified atom stereocenters. The Morgan fingerprint density at radius 2 is 1.69 bits per heavy atom. The first kappa shape index (κ1) is 27.4. The van der Waals surface area contributed by atoms with Crippen molar-refractivity contribution in [2.45, 2.75) is 117 Å². The fourth-order valence-corrected chi connectivity index (χ4v) is 9.75. The third-order valence-electron chi connectivity index (χ3n) is 11.6. The summed E-state index contributed by atoms with van der Waals surface area (Å²) in [5.74, 6) is 3.79. The number of carbonyl (C=O) groups excluding carboxylic acids is 1. The van der Waals surface area contributed by atoms with Crippen LogP contribution in [0, 0.1) is 46.3 Å². The van der Waals surface area contributed by atoms with Crippen LogP contribution in [0.5, 0.6) is 0 Å². The molecule has 5 heteroatoms. The van der Waals surface area contributed by atoms with Gasteiger partial charge in [-0.15, -0.1) is 0 Å². The number of nitrogens with one attached hydrogen (secondary N) is 2. The lowest BCUT2D eigenvalue weighted by atomic mass is 9.43. The number of fused-ring (bicyclic) bond motifs is 5. The highest BCUT2D eigenvalue weighted by molar-refractivity contribution is 5.69. The summed E-state index contributed by atoms with van der Waals surface area (Å²) in [6.07, 6.45) is 11.2. The minimum Gasteiger partial charge on any atom is -0.469 e. The highest BCUT2D eigenvalue weighted by atomic mass is 16.5. The molecule has 5 nitrogen and oxygen atoms in total. The van der Waals surface area contributed by atoms with E-state index in [9.17, 15) is 9.90 Å². The van der Waals surface area contributed by atoms with Gasteiger partial charge in [-0.05, 0) is 104 Å². The van der Waals surface area contributed by atoms with Gasteiger partial charge in [0.25, 0.3) is 0 Å². The Hall–Kier alpha value is -0.650. The van der Waals surface area contributed by atoms with Crippen LogP contribution in [0.4, 0.5) is 0 Å². The molecule has 4 saturated carbocycles. The Labute approximate surface area is 214 Å². The summed E-state index contributed by atoms with van der Waals surface area (Å²) in [6.45, 7) is 13.9. The maximum absolute atomic E-state index is 11.8. The SMILES string of the molecule is COC(=O)CC[C@@H](C)C1CCC2C3C[C@H](O)C4C[C@@H](NCCNC(C)C)CC[C@]4(C)C3CC[C@@]21C. The van der Waals surface area contributed by atoms with Crippen molar-refractivity contribution in [3.8, 4) is 0 Å². The molecule has 0 aromatic heterocycles. The van der Waals surface area contributed by atoms with Crippen molar-refractivity contribution in [2.75, 3.05) is 20.2 Å². The van der Waals surface area contributed by atoms with Crippen LogP contribution in [0.25, 0.3) is 0 Å². The first-order chi connectivity index (χ1) is 16.6. The molecule has 202 valence electrons. The van der Waals surface area contributed by atoms with E-state index in [1.54, 1.807) is 0 Å². The molecule has 0 aliphatic heterocycles. The van der Waals surface area contributed by atoms with Crippen LogP contribution >= 0.6 is 0 Å². The minimum absolute atomic E-state index is 0.0732. The molecule has 10 atom stereocenters. The Kier molecular flexibility index (Phi) is 8.60. The predicted octanol–water partition coefficient (Wildman–Crippen LogP) is 5.16. The van der Waals surface area contributed by atoms with Crippen molar-refractivity contribution in [3.05, 3.63) is 0 Å². The molecule has 0 aromatic rings. The van der Waals surface area contributed by atoms with Crippen LogP contribution in [0.2, 0.25) is 0 Å². The monoisotopic (exact) mass is 490 g/mol. The van der Waals surface area contributed by atoms with E-state index in [2.05, 4.69) is 45.3 Å². The second kappa shape index (κ2) is 11.0. The lowest BCUT2D eigenvalue weighted by Gasteiger charge is -2.62. The van der Waals surface area contributed by atoms with Crippen LogP contribution in [0.1, 0.15) is 98.8 Å². The second-order valence-corrected chi connectivity index (χ2v) is 13.6. The Bertz CT molecular complexity index is 728. The van der Waals surface area contributed by atoms with Crippen LogP contribution in [-0.4, -0.2) is 49.5 Å². The van der Waals surface area contributed by atoms with Gasteiger partial charge in [0.05, 0.1) is 13.2 Å². The summed E-state index contributed by atoms with van der Waals surface area (Å²) < 4.78 is 4.91. The Balaban J connectivity index is 1.40. The summed E-state index contributed by atoms with van der Waals surface area (Å²) in [5.41, 5.74) is 0.647. The normalized spacial score (nSPS) is 43.8. The predicted molar refractivity (Wildman–Crippen MR) is 142 cm³/mol. The Morgan fingerprint density at radius 3 is 2.40 bits per heavy atom. The number of aliphatic hydroxyl groups is 1. The van der Waals surface area contributed by atoms with Crippen molar-refractivity contribution in [1.82, 2.24) is 10.6 Å². The number of methoxy groups -OCH3 is 1. The molecule has 4 rings (SSSR count). The molecule has 35 heavy (non-hydrogen) atoms. The smallest absolute Gasteiger partial charge is 0.305 e. The lowest BCUT2D eigenvalue weighted by Crippen LogP contribution is -2.59. The number of rotatable bonds is 9. The van der Waals surface area contributed by atoms with Crippen molar-refractivity contribution in [1.29, 1.82) is 0 Å². The van der Waals surface area contributed by atoms with Gasteiger partial charge in [0.2, 0.25) is 0 Å². The third kappa shape index (κ3) is 5.34. The summed E-state index contributed by atoms with van der Waals surface area (Å²) in [6, 6.07) is 1.08. The van der Waals surface area contributed by atoms with Crippen LogP contribution in [0.15, 0.2) is 0 Å². The zero-order valence-electron chi connectivity index (χ0n) is 23.4. The number of aliphatic hydroxyl groups excluding tert-OH is 1.